The van der Waals surface area contributed by atoms with Crippen LogP contribution in [0.25, 0.3) is 0 Å². The Morgan fingerprint density at radius 2 is 2.17 bits per heavy atom. The Morgan fingerprint density at radius 3 is 2.78 bits per heavy atom. The summed E-state index contributed by atoms with van der Waals surface area (Å²) in [6.45, 7) is 2.40. The van der Waals surface area contributed by atoms with Crippen LogP contribution in [0, 0.1) is 11.3 Å². The van der Waals surface area contributed by atoms with E-state index in [1.54, 1.807) is 24.3 Å². The third kappa shape index (κ3) is 2.69. The Bertz CT molecular complexity index is 511. The molecular weight excluding hydrogens is 230 g/mol. The summed E-state index contributed by atoms with van der Waals surface area (Å²) in [6, 6.07) is 9.07. The van der Waals surface area contributed by atoms with E-state index < -0.39 is 0 Å². The van der Waals surface area contributed by atoms with E-state index in [2.05, 4.69) is 6.07 Å². The summed E-state index contributed by atoms with van der Waals surface area (Å²) in [5, 5.41) is 8.73. The van der Waals surface area contributed by atoms with E-state index in [1.807, 2.05) is 6.92 Å². The first-order chi connectivity index (χ1) is 8.72. The fourth-order valence-corrected chi connectivity index (χ4v) is 1.83. The van der Waals surface area contributed by atoms with Crippen molar-refractivity contribution in [3.63, 3.8) is 0 Å². The molecule has 0 bridgehead atoms. The number of benzene rings is 1. The maximum atomic E-state index is 11.4. The van der Waals surface area contributed by atoms with Gasteiger partial charge in [0.05, 0.1) is 24.3 Å². The van der Waals surface area contributed by atoms with Crippen LogP contribution in [0.3, 0.4) is 0 Å². The number of esters is 1. The van der Waals surface area contributed by atoms with Gasteiger partial charge in [-0.05, 0) is 24.6 Å². The van der Waals surface area contributed by atoms with Crippen LogP contribution in [0.1, 0.15) is 30.6 Å². The molecule has 1 heterocycles. The lowest BCUT2D eigenvalue weighted by Gasteiger charge is -2.23. The van der Waals surface area contributed by atoms with Crippen molar-refractivity contribution in [3.05, 3.63) is 47.2 Å². The second-order valence-electron chi connectivity index (χ2n) is 3.91. The van der Waals surface area contributed by atoms with Gasteiger partial charge in [-0.1, -0.05) is 12.1 Å². The van der Waals surface area contributed by atoms with Gasteiger partial charge in [0.2, 0.25) is 0 Å². The number of carbonyl (C=O) groups excluding carboxylic acids is 1. The number of hydrogen-bond acceptors (Lipinski definition) is 4. The molecule has 1 atom stereocenters. The van der Waals surface area contributed by atoms with E-state index >= 15 is 0 Å². The molecule has 4 nitrogen and oxygen atoms in total. The molecular formula is C14H13NO3. The smallest absolute Gasteiger partial charge is 0.334 e. The monoisotopic (exact) mass is 243 g/mol. The molecule has 0 fully saturated rings. The molecule has 4 heteroatoms. The van der Waals surface area contributed by atoms with E-state index in [4.69, 9.17) is 14.7 Å². The lowest BCUT2D eigenvalue weighted by molar-refractivity contribution is -0.145. The van der Waals surface area contributed by atoms with Gasteiger partial charge < -0.3 is 9.47 Å². The molecule has 2 rings (SSSR count). The van der Waals surface area contributed by atoms with Crippen molar-refractivity contribution in [1.82, 2.24) is 0 Å². The van der Waals surface area contributed by atoms with Gasteiger partial charge in [0.15, 0.2) is 0 Å². The molecule has 18 heavy (non-hydrogen) atoms. The topological polar surface area (TPSA) is 59.3 Å². The quantitative estimate of drug-likeness (QED) is 0.765. The summed E-state index contributed by atoms with van der Waals surface area (Å²) in [6.07, 6.45) is 1.58. The predicted octanol–water partition coefficient (Wildman–Crippen LogP) is 2.47. The molecule has 1 unspecified atom stereocenters. The average molecular weight is 243 g/mol. The normalized spacial score (nSPS) is 18.6. The molecule has 1 aliphatic rings. The van der Waals surface area contributed by atoms with Crippen LogP contribution in [-0.2, 0) is 14.3 Å². The summed E-state index contributed by atoms with van der Waals surface area (Å²) in [7, 11) is 0. The first-order valence-corrected chi connectivity index (χ1v) is 5.77. The van der Waals surface area contributed by atoms with Gasteiger partial charge in [0, 0.05) is 6.42 Å². The van der Waals surface area contributed by atoms with Crippen molar-refractivity contribution in [2.24, 2.45) is 0 Å². The summed E-state index contributed by atoms with van der Waals surface area (Å²) in [4.78, 5) is 11.4. The van der Waals surface area contributed by atoms with Crippen LogP contribution >= 0.6 is 0 Å². The van der Waals surface area contributed by atoms with Crippen molar-refractivity contribution in [2.45, 2.75) is 19.4 Å². The molecule has 0 aromatic heterocycles. The lowest BCUT2D eigenvalue weighted by Crippen LogP contribution is -2.17. The van der Waals surface area contributed by atoms with Gasteiger partial charge in [-0.15, -0.1) is 0 Å². The fourth-order valence-electron chi connectivity index (χ4n) is 1.83. The largest absolute Gasteiger partial charge is 0.498 e. The van der Waals surface area contributed by atoms with Crippen molar-refractivity contribution < 1.29 is 14.3 Å². The third-order valence-electron chi connectivity index (χ3n) is 2.67. The number of nitriles is 1. The van der Waals surface area contributed by atoms with Crippen molar-refractivity contribution in [3.8, 4) is 6.07 Å². The number of hydrogen-bond donors (Lipinski definition) is 0. The molecule has 1 aliphatic heterocycles. The molecule has 0 spiro atoms. The van der Waals surface area contributed by atoms with E-state index in [1.165, 1.54) is 6.08 Å². The second kappa shape index (κ2) is 5.37. The average Bonchev–Trinajstić information content (AvgIpc) is 2.38. The highest BCUT2D eigenvalue weighted by Gasteiger charge is 2.23. The van der Waals surface area contributed by atoms with Crippen LogP contribution in [0.4, 0.5) is 0 Å². The summed E-state index contributed by atoms with van der Waals surface area (Å²) in [5.41, 5.74) is 1.45. The number of cyclic esters (lactones) is 1. The molecule has 92 valence electrons. The van der Waals surface area contributed by atoms with Crippen LogP contribution in [-0.4, -0.2) is 12.6 Å². The first-order valence-electron chi connectivity index (χ1n) is 5.77. The number of carbonyl (C=O) groups is 1. The maximum Gasteiger partial charge on any atom is 0.334 e. The fraction of sp³-hybridized carbons (Fsp3) is 0.286. The maximum absolute atomic E-state index is 11.4. The highest BCUT2D eigenvalue weighted by atomic mass is 16.6. The number of nitrogens with zero attached hydrogens (tertiary/aromatic N) is 1. The zero-order valence-electron chi connectivity index (χ0n) is 10.1. The summed E-state index contributed by atoms with van der Waals surface area (Å²) in [5.74, 6) is 0.252. The minimum Gasteiger partial charge on any atom is -0.498 e. The zero-order chi connectivity index (χ0) is 13.0. The minimum absolute atomic E-state index is 0.336. The third-order valence-corrected chi connectivity index (χ3v) is 2.67. The number of ether oxygens (including phenoxy) is 2. The number of rotatable bonds is 3. The Balaban J connectivity index is 2.16. The lowest BCUT2D eigenvalue weighted by atomic mass is 10.0. The Hall–Kier alpha value is -2.28. The highest BCUT2D eigenvalue weighted by molar-refractivity contribution is 5.83. The van der Waals surface area contributed by atoms with Crippen LogP contribution in [0.2, 0.25) is 0 Å². The van der Waals surface area contributed by atoms with Gasteiger partial charge in [0.1, 0.15) is 11.9 Å². The SMILES string of the molecule is CCOC1=CC(=O)OC(c2ccc(C#N)cc2)C1. The van der Waals surface area contributed by atoms with Gasteiger partial charge in [-0.2, -0.15) is 5.26 Å². The molecule has 0 radical (unpaired) electrons. The predicted molar refractivity (Wildman–Crippen MR) is 64.3 cm³/mol. The Kier molecular flexibility index (Phi) is 3.63. The molecule has 0 saturated heterocycles. The van der Waals surface area contributed by atoms with Crippen molar-refractivity contribution in [1.29, 1.82) is 5.26 Å². The molecule has 0 N–H and O–H groups in total. The molecule has 0 amide bonds. The van der Waals surface area contributed by atoms with Gasteiger partial charge in [-0.25, -0.2) is 4.79 Å². The first kappa shape index (κ1) is 12.2. The van der Waals surface area contributed by atoms with Gasteiger partial charge in [-0.3, -0.25) is 0 Å². The van der Waals surface area contributed by atoms with Crippen molar-refractivity contribution in [2.75, 3.05) is 6.61 Å². The highest BCUT2D eigenvalue weighted by Crippen LogP contribution is 2.29. The van der Waals surface area contributed by atoms with Crippen LogP contribution in [0.5, 0.6) is 0 Å². The molecule has 1 aromatic rings. The van der Waals surface area contributed by atoms with E-state index in [0.717, 1.165) is 5.56 Å². The molecule has 1 aromatic carbocycles. The van der Waals surface area contributed by atoms with Gasteiger partial charge in [0.25, 0.3) is 0 Å². The summed E-state index contributed by atoms with van der Waals surface area (Å²) < 4.78 is 10.6. The van der Waals surface area contributed by atoms with Crippen molar-refractivity contribution >= 4 is 5.97 Å². The Labute approximate surface area is 105 Å². The standard InChI is InChI=1S/C14H13NO3/c1-2-17-12-7-13(18-14(16)8-12)11-5-3-10(9-15)4-6-11/h3-6,8,13H,2,7H2,1H3. The molecule has 0 saturated carbocycles. The van der Waals surface area contributed by atoms with E-state index in [9.17, 15) is 4.79 Å². The van der Waals surface area contributed by atoms with Gasteiger partial charge >= 0.3 is 5.97 Å². The Morgan fingerprint density at radius 1 is 1.44 bits per heavy atom. The minimum atomic E-state index is -0.390. The van der Waals surface area contributed by atoms with Crippen LogP contribution in [0.15, 0.2) is 36.1 Å². The van der Waals surface area contributed by atoms with Crippen LogP contribution < -0.4 is 0 Å². The van der Waals surface area contributed by atoms with E-state index in [0.29, 0.717) is 24.4 Å². The van der Waals surface area contributed by atoms with E-state index in [-0.39, 0.29) is 12.1 Å². The second-order valence-corrected chi connectivity index (χ2v) is 3.91. The molecule has 0 aliphatic carbocycles. The summed E-state index contributed by atoms with van der Waals surface area (Å²) >= 11 is 0. The zero-order valence-corrected chi connectivity index (χ0v) is 10.1.